The fourth-order valence-corrected chi connectivity index (χ4v) is 3.91. The van der Waals surface area contributed by atoms with Crippen LogP contribution in [-0.4, -0.2) is 39.9 Å². The van der Waals surface area contributed by atoms with E-state index in [4.69, 9.17) is 18.0 Å². The predicted molar refractivity (Wildman–Crippen MR) is 93.5 cm³/mol. The fourth-order valence-electron chi connectivity index (χ4n) is 2.55. The molecule has 114 valence electrons. The van der Waals surface area contributed by atoms with E-state index >= 15 is 0 Å². The van der Waals surface area contributed by atoms with Gasteiger partial charge in [-0.05, 0) is 18.4 Å². The van der Waals surface area contributed by atoms with Crippen LogP contribution in [0.25, 0.3) is 0 Å². The molecule has 2 N–H and O–H groups in total. The molecule has 21 heavy (non-hydrogen) atoms. The number of nitrogens with two attached hydrogens (primary N) is 1. The van der Waals surface area contributed by atoms with Crippen LogP contribution in [0.5, 0.6) is 0 Å². The van der Waals surface area contributed by atoms with E-state index in [0.717, 1.165) is 30.8 Å². The molecule has 2 unspecified atom stereocenters. The standard InChI is InChI=1S/C16H22N2OS2/c1-2-13-11-18(8-9-21-13)16(19)14(15(17)20)10-12-6-4-3-5-7-12/h3-7,13-14H,2,8-11H2,1H3,(H2,17,20). The molecule has 1 fully saturated rings. The molecule has 1 aliphatic rings. The molecule has 0 spiro atoms. The van der Waals surface area contributed by atoms with Gasteiger partial charge in [-0.15, -0.1) is 0 Å². The third kappa shape index (κ3) is 4.45. The lowest BCUT2D eigenvalue weighted by atomic mass is 9.97. The zero-order valence-electron chi connectivity index (χ0n) is 12.3. The van der Waals surface area contributed by atoms with Crippen molar-refractivity contribution in [3.63, 3.8) is 0 Å². The Morgan fingerprint density at radius 3 is 2.81 bits per heavy atom. The van der Waals surface area contributed by atoms with Crippen LogP contribution in [0.3, 0.4) is 0 Å². The minimum Gasteiger partial charge on any atom is -0.393 e. The Hall–Kier alpha value is -1.07. The van der Waals surface area contributed by atoms with Crippen LogP contribution in [0.4, 0.5) is 0 Å². The summed E-state index contributed by atoms with van der Waals surface area (Å²) in [6.45, 7) is 3.78. The number of hydrogen-bond donors (Lipinski definition) is 1. The second-order valence-corrected chi connectivity index (χ2v) is 7.21. The van der Waals surface area contributed by atoms with Crippen LogP contribution < -0.4 is 5.73 Å². The van der Waals surface area contributed by atoms with E-state index in [1.54, 1.807) is 0 Å². The van der Waals surface area contributed by atoms with Crippen molar-refractivity contribution < 1.29 is 4.79 Å². The molecule has 0 aromatic heterocycles. The number of benzene rings is 1. The summed E-state index contributed by atoms with van der Waals surface area (Å²) in [5, 5.41) is 0.534. The maximum atomic E-state index is 12.8. The second kappa shape index (κ2) is 7.80. The van der Waals surface area contributed by atoms with Crippen LogP contribution in [0.2, 0.25) is 0 Å². The smallest absolute Gasteiger partial charge is 0.232 e. The van der Waals surface area contributed by atoms with Crippen LogP contribution in [0, 0.1) is 5.92 Å². The maximum absolute atomic E-state index is 12.8. The average Bonchev–Trinajstić information content (AvgIpc) is 2.52. The molecular formula is C16H22N2OS2. The Balaban J connectivity index is 2.07. The van der Waals surface area contributed by atoms with Gasteiger partial charge in [-0.2, -0.15) is 11.8 Å². The van der Waals surface area contributed by atoms with Crippen LogP contribution >= 0.6 is 24.0 Å². The topological polar surface area (TPSA) is 46.3 Å². The molecule has 3 nitrogen and oxygen atoms in total. The number of carbonyl (C=O) groups excluding carboxylic acids is 1. The predicted octanol–water partition coefficient (Wildman–Crippen LogP) is 2.49. The monoisotopic (exact) mass is 322 g/mol. The molecule has 0 saturated carbocycles. The number of carbonyl (C=O) groups is 1. The first kappa shape index (κ1) is 16.3. The van der Waals surface area contributed by atoms with Crippen LogP contribution in [-0.2, 0) is 11.2 Å². The minimum atomic E-state index is -0.386. The summed E-state index contributed by atoms with van der Waals surface area (Å²) < 4.78 is 0. The number of thiocarbonyl (C=S) groups is 1. The van der Waals surface area contributed by atoms with Crippen molar-refractivity contribution in [1.82, 2.24) is 4.90 Å². The zero-order valence-corrected chi connectivity index (χ0v) is 14.0. The molecular weight excluding hydrogens is 300 g/mol. The Kier molecular flexibility index (Phi) is 6.06. The van der Waals surface area contributed by atoms with Crippen LogP contribution in [0.1, 0.15) is 18.9 Å². The highest BCUT2D eigenvalue weighted by molar-refractivity contribution is 8.00. The van der Waals surface area contributed by atoms with Gasteiger partial charge in [-0.25, -0.2) is 0 Å². The van der Waals surface area contributed by atoms with Crippen molar-refractivity contribution in [2.45, 2.75) is 25.0 Å². The number of rotatable bonds is 5. The van der Waals surface area contributed by atoms with E-state index in [1.165, 1.54) is 0 Å². The highest BCUT2D eigenvalue weighted by Crippen LogP contribution is 2.23. The van der Waals surface area contributed by atoms with Crippen molar-refractivity contribution in [2.75, 3.05) is 18.8 Å². The summed E-state index contributed by atoms with van der Waals surface area (Å²) in [6.07, 6.45) is 1.68. The Morgan fingerprint density at radius 1 is 1.48 bits per heavy atom. The maximum Gasteiger partial charge on any atom is 0.232 e. The van der Waals surface area contributed by atoms with Crippen molar-refractivity contribution in [1.29, 1.82) is 0 Å². The average molecular weight is 322 g/mol. The van der Waals surface area contributed by atoms with E-state index in [0.29, 0.717) is 16.7 Å². The summed E-state index contributed by atoms with van der Waals surface area (Å²) in [7, 11) is 0. The van der Waals surface area contributed by atoms with E-state index < -0.39 is 0 Å². The Bertz CT molecular complexity index is 492. The Morgan fingerprint density at radius 2 is 2.19 bits per heavy atom. The van der Waals surface area contributed by atoms with Gasteiger partial charge < -0.3 is 10.6 Å². The minimum absolute atomic E-state index is 0.0881. The summed E-state index contributed by atoms with van der Waals surface area (Å²) in [6, 6.07) is 9.94. The number of hydrogen-bond acceptors (Lipinski definition) is 3. The molecule has 1 heterocycles. The largest absolute Gasteiger partial charge is 0.393 e. The van der Waals surface area contributed by atoms with E-state index in [-0.39, 0.29) is 11.8 Å². The highest BCUT2D eigenvalue weighted by Gasteiger charge is 2.30. The number of amides is 1. The third-order valence-electron chi connectivity index (χ3n) is 3.83. The molecule has 1 aliphatic heterocycles. The van der Waals surface area contributed by atoms with Gasteiger partial charge in [0.2, 0.25) is 5.91 Å². The van der Waals surface area contributed by atoms with E-state index in [2.05, 4.69) is 6.92 Å². The fraction of sp³-hybridized carbons (Fsp3) is 0.500. The normalized spacial score (nSPS) is 20.0. The van der Waals surface area contributed by atoms with Gasteiger partial charge in [0.15, 0.2) is 0 Å². The molecule has 2 rings (SSSR count). The Labute approximate surface area is 136 Å². The first-order valence-corrected chi connectivity index (χ1v) is 8.81. The molecule has 1 aromatic rings. The van der Waals surface area contributed by atoms with Gasteiger partial charge in [-0.3, -0.25) is 4.79 Å². The van der Waals surface area contributed by atoms with Crippen molar-refractivity contribution in [3.8, 4) is 0 Å². The molecule has 0 aliphatic carbocycles. The highest BCUT2D eigenvalue weighted by atomic mass is 32.2. The summed E-state index contributed by atoms with van der Waals surface area (Å²) >= 11 is 7.10. The van der Waals surface area contributed by atoms with Gasteiger partial charge in [-0.1, -0.05) is 49.5 Å². The molecule has 0 radical (unpaired) electrons. The van der Waals surface area contributed by atoms with Gasteiger partial charge in [0.25, 0.3) is 0 Å². The lowest BCUT2D eigenvalue weighted by molar-refractivity contribution is -0.133. The lowest BCUT2D eigenvalue weighted by Gasteiger charge is -2.34. The molecule has 0 bridgehead atoms. The van der Waals surface area contributed by atoms with Crippen molar-refractivity contribution in [2.24, 2.45) is 11.7 Å². The van der Waals surface area contributed by atoms with Crippen molar-refractivity contribution >= 4 is 34.9 Å². The van der Waals surface area contributed by atoms with E-state index in [9.17, 15) is 4.79 Å². The number of nitrogens with zero attached hydrogens (tertiary/aromatic N) is 1. The van der Waals surface area contributed by atoms with Crippen molar-refractivity contribution in [3.05, 3.63) is 35.9 Å². The third-order valence-corrected chi connectivity index (χ3v) is 5.49. The van der Waals surface area contributed by atoms with Crippen LogP contribution in [0.15, 0.2) is 30.3 Å². The summed E-state index contributed by atoms with van der Waals surface area (Å²) in [5.74, 6) is 0.702. The summed E-state index contributed by atoms with van der Waals surface area (Å²) in [4.78, 5) is 15.0. The number of thioether (sulfide) groups is 1. The molecule has 1 amide bonds. The lowest BCUT2D eigenvalue weighted by Crippen LogP contribution is -2.47. The summed E-state index contributed by atoms with van der Waals surface area (Å²) in [5.41, 5.74) is 6.94. The SMILES string of the molecule is CCC1CN(C(=O)C(Cc2ccccc2)C(N)=S)CCS1. The first-order valence-electron chi connectivity index (χ1n) is 7.35. The van der Waals surface area contributed by atoms with E-state index in [1.807, 2.05) is 47.0 Å². The first-order chi connectivity index (χ1) is 10.1. The molecule has 5 heteroatoms. The van der Waals surface area contributed by atoms with Gasteiger partial charge >= 0.3 is 0 Å². The van der Waals surface area contributed by atoms with Gasteiger partial charge in [0.05, 0.1) is 10.9 Å². The van der Waals surface area contributed by atoms with Gasteiger partial charge in [0.1, 0.15) is 0 Å². The second-order valence-electron chi connectivity index (χ2n) is 5.33. The van der Waals surface area contributed by atoms with Gasteiger partial charge in [0, 0.05) is 24.1 Å². The molecule has 2 atom stereocenters. The molecule has 1 saturated heterocycles. The quantitative estimate of drug-likeness (QED) is 0.846. The molecule has 1 aromatic carbocycles. The zero-order chi connectivity index (χ0) is 15.2.